The second-order valence-corrected chi connectivity index (χ2v) is 16.1. The summed E-state index contributed by atoms with van der Waals surface area (Å²) in [5.41, 5.74) is 4.65. The Morgan fingerprint density at radius 3 is 1.61 bits per heavy atom. The summed E-state index contributed by atoms with van der Waals surface area (Å²) in [6.45, 7) is 11.2. The molecule has 0 bridgehead atoms. The summed E-state index contributed by atoms with van der Waals surface area (Å²) < 4.78 is 0. The van der Waals surface area contributed by atoms with Crippen LogP contribution < -0.4 is 0 Å². The second kappa shape index (κ2) is 13.1. The molecule has 2 aromatic carbocycles. The number of carbonyl (C=O) groups is 4. The molecule has 0 spiro atoms. The summed E-state index contributed by atoms with van der Waals surface area (Å²) in [5.74, 6) is -3.82. The van der Waals surface area contributed by atoms with Gasteiger partial charge in [0.1, 0.15) is 0 Å². The molecule has 2 amide bonds. The molecule has 0 saturated carbocycles. The molecule has 2 atom stereocenters. The van der Waals surface area contributed by atoms with Gasteiger partial charge in [-0.2, -0.15) is 0 Å². The van der Waals surface area contributed by atoms with Gasteiger partial charge >= 0.3 is 5.97 Å². The number of Topliss-reactive ketones (excluding diaryl/α,β-unsaturated/α-hetero) is 1. The molecule has 2 aliphatic heterocycles. The molecule has 0 saturated heterocycles. The number of hydrogen-bond donors (Lipinski definition) is 3. The number of allylic oxidation sites excluding steroid dienone is 3. The maximum absolute atomic E-state index is 14.0. The van der Waals surface area contributed by atoms with E-state index in [2.05, 4.69) is 37.9 Å². The van der Waals surface area contributed by atoms with Crippen molar-refractivity contribution in [1.29, 1.82) is 0 Å². The highest BCUT2D eigenvalue weighted by Crippen LogP contribution is 2.55. The van der Waals surface area contributed by atoms with E-state index in [1.807, 2.05) is 19.1 Å². The number of aromatic nitrogens is 1. The molecule has 54 heavy (non-hydrogen) atoms. The lowest BCUT2D eigenvalue weighted by atomic mass is 9.58. The van der Waals surface area contributed by atoms with Gasteiger partial charge in [0.2, 0.25) is 5.79 Å². The number of carboxylic acids is 1. The van der Waals surface area contributed by atoms with Crippen LogP contribution in [0.3, 0.4) is 0 Å². The molecule has 0 radical (unpaired) electrons. The van der Waals surface area contributed by atoms with Crippen molar-refractivity contribution >= 4 is 34.7 Å². The average molecular weight is 728 g/mol. The van der Waals surface area contributed by atoms with Crippen LogP contribution in [0.4, 0.5) is 0 Å². The number of pyridine rings is 1. The molecule has 1 aromatic heterocycles. The summed E-state index contributed by atoms with van der Waals surface area (Å²) in [6.07, 6.45) is 11.9. The SMILES string of the molecule is CC(=O)c1ccc(C2=CC[C@]3(C)CN(C(=O)c4cncc(C(=O)N5CC=C6C(C)(C)C(c7ccc(C(=O)O)cc7)=CC[C@]6(C)C5)c4)CC=C3C2(O)O)cc1. The van der Waals surface area contributed by atoms with Crippen LogP contribution in [-0.4, -0.2) is 85.6 Å². The minimum absolute atomic E-state index is 0.0753. The second-order valence-electron chi connectivity index (χ2n) is 16.1. The van der Waals surface area contributed by atoms with Gasteiger partial charge < -0.3 is 25.1 Å². The number of fused-ring (bicyclic) bond motifs is 2. The zero-order valence-electron chi connectivity index (χ0n) is 31.2. The van der Waals surface area contributed by atoms with Crippen molar-refractivity contribution in [3.63, 3.8) is 0 Å². The van der Waals surface area contributed by atoms with E-state index >= 15 is 0 Å². The van der Waals surface area contributed by atoms with Crippen LogP contribution in [0.1, 0.15) is 100 Å². The molecule has 4 aliphatic rings. The van der Waals surface area contributed by atoms with Crippen LogP contribution in [0.25, 0.3) is 11.1 Å². The van der Waals surface area contributed by atoms with E-state index in [4.69, 9.17) is 0 Å². The first-order valence-electron chi connectivity index (χ1n) is 18.2. The number of rotatable bonds is 6. The van der Waals surface area contributed by atoms with E-state index in [9.17, 15) is 34.5 Å². The Morgan fingerprint density at radius 1 is 0.630 bits per heavy atom. The van der Waals surface area contributed by atoms with Crippen LogP contribution >= 0.6 is 0 Å². The molecule has 3 heterocycles. The summed E-state index contributed by atoms with van der Waals surface area (Å²) in [5, 5.41) is 32.3. The number of carboxylic acid groups (broad SMARTS) is 1. The third kappa shape index (κ3) is 6.23. The third-order valence-corrected chi connectivity index (χ3v) is 11.9. The predicted octanol–water partition coefficient (Wildman–Crippen LogP) is 6.44. The number of aliphatic hydroxyl groups is 2. The number of ketones is 1. The first-order valence-corrected chi connectivity index (χ1v) is 18.2. The van der Waals surface area contributed by atoms with Crippen molar-refractivity contribution in [2.24, 2.45) is 16.2 Å². The number of nitrogens with zero attached hydrogens (tertiary/aromatic N) is 3. The Balaban J connectivity index is 1.06. The Labute approximate surface area is 314 Å². The van der Waals surface area contributed by atoms with Gasteiger partial charge in [-0.25, -0.2) is 4.79 Å². The van der Waals surface area contributed by atoms with E-state index in [1.54, 1.807) is 64.4 Å². The van der Waals surface area contributed by atoms with Gasteiger partial charge in [-0.3, -0.25) is 19.4 Å². The van der Waals surface area contributed by atoms with Gasteiger partial charge in [0.15, 0.2) is 5.78 Å². The van der Waals surface area contributed by atoms with E-state index in [1.165, 1.54) is 24.9 Å². The molecule has 10 heteroatoms. The van der Waals surface area contributed by atoms with Crippen LogP contribution in [0.2, 0.25) is 0 Å². The van der Waals surface area contributed by atoms with Gasteiger partial charge in [0, 0.05) is 66.0 Å². The summed E-state index contributed by atoms with van der Waals surface area (Å²) in [7, 11) is 0. The lowest BCUT2D eigenvalue weighted by Crippen LogP contribution is -2.52. The normalized spacial score (nSPS) is 24.2. The minimum atomic E-state index is -2.26. The topological polar surface area (TPSA) is 148 Å². The van der Waals surface area contributed by atoms with Gasteiger partial charge in [0.05, 0.1) is 16.7 Å². The first kappa shape index (κ1) is 36.9. The van der Waals surface area contributed by atoms with Crippen LogP contribution in [-0.2, 0) is 0 Å². The highest BCUT2D eigenvalue weighted by Gasteiger charge is 2.50. The van der Waals surface area contributed by atoms with Crippen molar-refractivity contribution in [3.8, 4) is 0 Å². The fourth-order valence-electron chi connectivity index (χ4n) is 9.12. The first-order chi connectivity index (χ1) is 25.4. The van der Waals surface area contributed by atoms with Crippen molar-refractivity contribution in [1.82, 2.24) is 14.8 Å². The Kier molecular flexibility index (Phi) is 8.98. The van der Waals surface area contributed by atoms with E-state index in [-0.39, 0.29) is 52.6 Å². The van der Waals surface area contributed by atoms with Crippen molar-refractivity contribution in [2.75, 3.05) is 26.2 Å². The average Bonchev–Trinajstić information content (AvgIpc) is 3.13. The lowest BCUT2D eigenvalue weighted by Gasteiger charge is -2.50. The van der Waals surface area contributed by atoms with Crippen molar-refractivity contribution in [3.05, 3.63) is 136 Å². The maximum Gasteiger partial charge on any atom is 0.335 e. The van der Waals surface area contributed by atoms with Gasteiger partial charge in [-0.1, -0.05) is 94.0 Å². The van der Waals surface area contributed by atoms with Crippen molar-refractivity contribution < 1.29 is 34.5 Å². The predicted molar refractivity (Wildman–Crippen MR) is 204 cm³/mol. The zero-order chi connectivity index (χ0) is 38.8. The van der Waals surface area contributed by atoms with E-state index in [0.29, 0.717) is 53.8 Å². The molecular formula is C44H45N3O7. The molecular weight excluding hydrogens is 682 g/mol. The molecule has 0 fully saturated rings. The molecule has 2 aliphatic carbocycles. The molecule has 278 valence electrons. The number of amides is 2. The van der Waals surface area contributed by atoms with Crippen molar-refractivity contribution in [2.45, 2.75) is 53.2 Å². The molecule has 3 N–H and O–H groups in total. The van der Waals surface area contributed by atoms with Crippen LogP contribution in [0.15, 0.2) is 102 Å². The Morgan fingerprint density at radius 2 is 1.09 bits per heavy atom. The number of aromatic carboxylic acids is 1. The Hall–Kier alpha value is -5.45. The highest BCUT2D eigenvalue weighted by molar-refractivity contribution is 6.00. The molecule has 10 nitrogen and oxygen atoms in total. The third-order valence-electron chi connectivity index (χ3n) is 11.9. The van der Waals surface area contributed by atoms with Gasteiger partial charge in [-0.15, -0.1) is 0 Å². The zero-order valence-corrected chi connectivity index (χ0v) is 31.2. The fraction of sp³-hybridized carbons (Fsp3) is 0.341. The van der Waals surface area contributed by atoms with Gasteiger partial charge in [0.25, 0.3) is 11.8 Å². The number of carbonyl (C=O) groups excluding carboxylic acids is 3. The lowest BCUT2D eigenvalue weighted by molar-refractivity contribution is -0.0957. The quantitative estimate of drug-likeness (QED) is 0.149. The molecule has 7 rings (SSSR count). The monoisotopic (exact) mass is 727 g/mol. The van der Waals surface area contributed by atoms with Crippen LogP contribution in [0, 0.1) is 16.2 Å². The minimum Gasteiger partial charge on any atom is -0.478 e. The summed E-state index contributed by atoms with van der Waals surface area (Å²) in [4.78, 5) is 58.8. The van der Waals surface area contributed by atoms with E-state index in [0.717, 1.165) is 11.1 Å². The smallest absolute Gasteiger partial charge is 0.335 e. The maximum atomic E-state index is 14.0. The van der Waals surface area contributed by atoms with E-state index < -0.39 is 17.2 Å². The molecule has 0 unspecified atom stereocenters. The van der Waals surface area contributed by atoms with Crippen LogP contribution in [0.5, 0.6) is 0 Å². The summed E-state index contributed by atoms with van der Waals surface area (Å²) >= 11 is 0. The van der Waals surface area contributed by atoms with Gasteiger partial charge in [-0.05, 0) is 60.2 Å². The standard InChI is InChI=1S/C44H45N3O7/c1-27(48)28-6-8-30(9-7-28)35-15-19-43(5)26-47(21-17-37(43)44(35,53)54)39(50)33-22-32(23-45-24-33)38(49)46-20-16-36-41(2,3)34(14-18-42(36,4)25-46)29-10-12-31(13-11-29)40(51)52/h6-17,22-24,53-54H,18-21,25-26H2,1-5H3,(H,51,52)/t42-,43-/m1/s1. The fourth-order valence-corrected chi connectivity index (χ4v) is 9.12. The number of hydrogen-bond acceptors (Lipinski definition) is 7. The highest BCUT2D eigenvalue weighted by atomic mass is 16.5. The Bertz CT molecular complexity index is 2060. The largest absolute Gasteiger partial charge is 0.478 e. The summed E-state index contributed by atoms with van der Waals surface area (Å²) in [6, 6.07) is 15.3. The molecule has 3 aromatic rings. The number of benzene rings is 2.